The van der Waals surface area contributed by atoms with Gasteiger partial charge in [-0.15, -0.1) is 0 Å². The number of carboxylic acids is 1. The van der Waals surface area contributed by atoms with Crippen molar-refractivity contribution in [1.82, 2.24) is 0 Å². The van der Waals surface area contributed by atoms with Crippen molar-refractivity contribution in [1.29, 1.82) is 0 Å². The molecule has 0 heterocycles. The Balaban J connectivity index is 2.18. The maximum Gasteiger partial charge on any atom is 0.143 e. The number of aliphatic carboxylic acids is 1. The molecule has 0 amide bonds. The minimum Gasteiger partial charge on any atom is -0.550 e. The second-order valence-electron chi connectivity index (χ2n) is 3.86. The van der Waals surface area contributed by atoms with Crippen LogP contribution in [0.3, 0.4) is 0 Å². The van der Waals surface area contributed by atoms with Gasteiger partial charge in [0.1, 0.15) is 5.78 Å². The quantitative estimate of drug-likeness (QED) is 0.528. The van der Waals surface area contributed by atoms with Gasteiger partial charge >= 0.3 is 0 Å². The van der Waals surface area contributed by atoms with Crippen molar-refractivity contribution in [3.63, 3.8) is 0 Å². The van der Waals surface area contributed by atoms with Crippen LogP contribution in [0.1, 0.15) is 19.3 Å². The zero-order valence-electron chi connectivity index (χ0n) is 7.23. The van der Waals surface area contributed by atoms with Crippen LogP contribution in [-0.2, 0) is 9.59 Å². The topological polar surface area (TPSA) is 57.2 Å². The zero-order chi connectivity index (χ0) is 9.42. The van der Waals surface area contributed by atoms with Crippen LogP contribution in [0.15, 0.2) is 12.2 Å². The highest BCUT2D eigenvalue weighted by Gasteiger charge is 2.36. The molecule has 0 aromatic heterocycles. The molecule has 0 N–H and O–H groups in total. The van der Waals surface area contributed by atoms with Crippen LogP contribution < -0.4 is 5.11 Å². The lowest BCUT2D eigenvalue weighted by Crippen LogP contribution is -2.41. The van der Waals surface area contributed by atoms with Crippen LogP contribution in [0.4, 0.5) is 0 Å². The van der Waals surface area contributed by atoms with Crippen LogP contribution in [0.5, 0.6) is 0 Å². The Morgan fingerprint density at radius 1 is 1.46 bits per heavy atom. The fourth-order valence-corrected chi connectivity index (χ4v) is 2.27. The zero-order valence-corrected chi connectivity index (χ0v) is 7.23. The van der Waals surface area contributed by atoms with E-state index in [0.29, 0.717) is 19.3 Å². The highest BCUT2D eigenvalue weighted by Crippen LogP contribution is 2.36. The van der Waals surface area contributed by atoms with Gasteiger partial charge in [0, 0.05) is 23.7 Å². The Morgan fingerprint density at radius 2 is 2.23 bits per heavy atom. The van der Waals surface area contributed by atoms with Crippen molar-refractivity contribution < 1.29 is 14.7 Å². The molecule has 0 unspecified atom stereocenters. The summed E-state index contributed by atoms with van der Waals surface area (Å²) in [5, 5.41) is 10.6. The first kappa shape index (κ1) is 8.48. The van der Waals surface area contributed by atoms with E-state index in [1.807, 2.05) is 12.2 Å². The number of Topliss-reactive ketones (excluding diaryl/α,β-unsaturated/α-hetero) is 1. The number of ketones is 1. The predicted octanol–water partition coefficient (Wildman–Crippen LogP) is -0.0923. The summed E-state index contributed by atoms with van der Waals surface area (Å²) < 4.78 is 0. The molecule has 70 valence electrons. The molecule has 2 aliphatic rings. The normalized spacial score (nSPS) is 37.5. The van der Waals surface area contributed by atoms with E-state index >= 15 is 0 Å². The number of hydrogen-bond acceptors (Lipinski definition) is 3. The lowest BCUT2D eigenvalue weighted by molar-refractivity contribution is -0.312. The third-order valence-corrected chi connectivity index (χ3v) is 3.00. The Morgan fingerprint density at radius 3 is 2.85 bits per heavy atom. The highest BCUT2D eigenvalue weighted by atomic mass is 16.4. The average Bonchev–Trinajstić information content (AvgIpc) is 2.02. The molecule has 0 aromatic rings. The number of rotatable bonds is 1. The summed E-state index contributed by atoms with van der Waals surface area (Å²) in [6, 6.07) is 0. The van der Waals surface area contributed by atoms with Gasteiger partial charge in [0.15, 0.2) is 0 Å². The Bertz CT molecular complexity index is 280. The van der Waals surface area contributed by atoms with Crippen molar-refractivity contribution >= 4 is 11.8 Å². The van der Waals surface area contributed by atoms with Gasteiger partial charge in [-0.05, 0) is 19.3 Å². The van der Waals surface area contributed by atoms with Gasteiger partial charge in [0.25, 0.3) is 0 Å². The molecule has 0 radical (unpaired) electrons. The van der Waals surface area contributed by atoms with Crippen LogP contribution in [0, 0.1) is 17.8 Å². The van der Waals surface area contributed by atoms with E-state index in [9.17, 15) is 14.7 Å². The van der Waals surface area contributed by atoms with E-state index in [0.717, 1.165) is 0 Å². The lowest BCUT2D eigenvalue weighted by atomic mass is 9.70. The van der Waals surface area contributed by atoms with E-state index in [-0.39, 0.29) is 17.6 Å². The second kappa shape index (κ2) is 2.98. The van der Waals surface area contributed by atoms with Crippen LogP contribution in [0.2, 0.25) is 0 Å². The summed E-state index contributed by atoms with van der Waals surface area (Å²) in [5.74, 6) is -1.42. The van der Waals surface area contributed by atoms with Gasteiger partial charge in [-0.25, -0.2) is 0 Å². The summed E-state index contributed by atoms with van der Waals surface area (Å²) in [6.45, 7) is 0. The van der Waals surface area contributed by atoms with Crippen molar-refractivity contribution in [2.45, 2.75) is 19.3 Å². The van der Waals surface area contributed by atoms with E-state index in [1.165, 1.54) is 0 Å². The first-order valence-electron chi connectivity index (χ1n) is 4.59. The number of allylic oxidation sites excluding steroid dienone is 2. The maximum atomic E-state index is 11.5. The van der Waals surface area contributed by atoms with Crippen molar-refractivity contribution in [3.05, 3.63) is 12.2 Å². The monoisotopic (exact) mass is 179 g/mol. The summed E-state index contributed by atoms with van der Waals surface area (Å²) in [4.78, 5) is 22.2. The summed E-state index contributed by atoms with van der Waals surface area (Å²) in [5.41, 5.74) is 0. The van der Waals surface area contributed by atoms with Crippen molar-refractivity contribution in [3.8, 4) is 0 Å². The van der Waals surface area contributed by atoms with Gasteiger partial charge in [0.05, 0.1) is 0 Å². The van der Waals surface area contributed by atoms with Crippen LogP contribution in [0.25, 0.3) is 0 Å². The Hall–Kier alpha value is -1.12. The molecular weight excluding hydrogens is 168 g/mol. The number of hydrogen-bond donors (Lipinski definition) is 0. The summed E-state index contributed by atoms with van der Waals surface area (Å²) in [7, 11) is 0. The molecule has 1 saturated carbocycles. The van der Waals surface area contributed by atoms with Gasteiger partial charge in [-0.2, -0.15) is 0 Å². The van der Waals surface area contributed by atoms with Crippen molar-refractivity contribution in [2.24, 2.45) is 17.8 Å². The van der Waals surface area contributed by atoms with E-state index < -0.39 is 11.9 Å². The number of carbonyl (C=O) groups is 2. The maximum absolute atomic E-state index is 11.5. The molecule has 2 aliphatic carbocycles. The average molecular weight is 179 g/mol. The predicted molar refractivity (Wildman–Crippen MR) is 43.5 cm³/mol. The third kappa shape index (κ3) is 1.39. The fraction of sp³-hybridized carbons (Fsp3) is 0.600. The van der Waals surface area contributed by atoms with Gasteiger partial charge < -0.3 is 9.90 Å². The molecule has 3 heteroatoms. The standard InChI is InChI=1S/C10H12O3/c11-9-6-2-1-3-7(9)5-8(4-6)10(12)13/h1-2,6-8H,3-5H2,(H,12,13)/p-1/t6-,7+,8-/m1/s1. The van der Waals surface area contributed by atoms with Crippen LogP contribution in [-0.4, -0.2) is 11.8 Å². The van der Waals surface area contributed by atoms with E-state index in [4.69, 9.17) is 0 Å². The van der Waals surface area contributed by atoms with E-state index in [2.05, 4.69) is 0 Å². The highest BCUT2D eigenvalue weighted by molar-refractivity contribution is 5.88. The molecule has 2 rings (SSSR count). The van der Waals surface area contributed by atoms with Gasteiger partial charge in [-0.1, -0.05) is 12.2 Å². The molecule has 3 atom stereocenters. The van der Waals surface area contributed by atoms with E-state index in [1.54, 1.807) is 0 Å². The molecule has 1 fully saturated rings. The number of carbonyl (C=O) groups excluding carboxylic acids is 2. The molecule has 0 aromatic carbocycles. The smallest absolute Gasteiger partial charge is 0.143 e. The van der Waals surface area contributed by atoms with Gasteiger partial charge in [0.2, 0.25) is 0 Å². The minimum atomic E-state index is -1.00. The second-order valence-corrected chi connectivity index (χ2v) is 3.86. The molecule has 0 saturated heterocycles. The molecule has 2 bridgehead atoms. The molecule has 0 spiro atoms. The lowest BCUT2D eigenvalue weighted by Gasteiger charge is -2.35. The fourth-order valence-electron chi connectivity index (χ4n) is 2.27. The number of fused-ring (bicyclic) bond motifs is 2. The first-order chi connectivity index (χ1) is 6.18. The van der Waals surface area contributed by atoms with Gasteiger partial charge in [-0.3, -0.25) is 4.79 Å². The van der Waals surface area contributed by atoms with Crippen molar-refractivity contribution in [2.75, 3.05) is 0 Å². The first-order valence-corrected chi connectivity index (χ1v) is 4.59. The molecule has 3 nitrogen and oxygen atoms in total. The Kier molecular flexibility index (Phi) is 1.94. The largest absolute Gasteiger partial charge is 0.550 e. The summed E-state index contributed by atoms with van der Waals surface area (Å²) >= 11 is 0. The minimum absolute atomic E-state index is 0.0633. The molecule has 0 aliphatic heterocycles. The summed E-state index contributed by atoms with van der Waals surface area (Å²) in [6.07, 6.45) is 5.45. The SMILES string of the molecule is O=C([O-])[C@H]1C[C@@H]2CC=C[C@H](C1)C2=O. The third-order valence-electron chi connectivity index (χ3n) is 3.00. The van der Waals surface area contributed by atoms with Crippen LogP contribution >= 0.6 is 0 Å². The molecule has 13 heavy (non-hydrogen) atoms. The Labute approximate surface area is 76.4 Å². The number of carboxylic acid groups (broad SMARTS) is 1. The molecular formula is C10H11O3-.